The Morgan fingerprint density at radius 3 is 1.79 bits per heavy atom. The van der Waals surface area contributed by atoms with Gasteiger partial charge in [0, 0.05) is 37.3 Å². The number of H-pyrrole nitrogens is 2. The van der Waals surface area contributed by atoms with Crippen LogP contribution in [-0.4, -0.2) is 90.5 Å². The van der Waals surface area contributed by atoms with Crippen LogP contribution in [0.4, 0.5) is 4.79 Å². The Morgan fingerprint density at radius 1 is 0.854 bits per heavy atom. The van der Waals surface area contributed by atoms with E-state index in [9.17, 15) is 4.79 Å². The van der Waals surface area contributed by atoms with Crippen LogP contribution in [-0.2, 0) is 4.74 Å². The maximum absolute atomic E-state index is 10.1. The van der Waals surface area contributed by atoms with E-state index in [0.29, 0.717) is 36.8 Å². The van der Waals surface area contributed by atoms with Crippen LogP contribution in [0.5, 0.6) is 0 Å². The molecule has 9 rings (SSSR count). The van der Waals surface area contributed by atoms with E-state index in [2.05, 4.69) is 75.1 Å². The van der Waals surface area contributed by atoms with Gasteiger partial charge in [-0.25, -0.2) is 14.8 Å². The minimum atomic E-state index is -0.929. The molecular formula is C33H38N12O3. The minimum absolute atomic E-state index is 0.0684. The summed E-state index contributed by atoms with van der Waals surface area (Å²) in [5, 5.41) is 34.8. The molecule has 0 unspecified atom stereocenters. The van der Waals surface area contributed by atoms with Crippen molar-refractivity contribution in [1.29, 1.82) is 5.26 Å². The van der Waals surface area contributed by atoms with Gasteiger partial charge in [-0.3, -0.25) is 8.80 Å². The average molecular weight is 651 g/mol. The Kier molecular flexibility index (Phi) is 7.67. The number of rotatable bonds is 6. The van der Waals surface area contributed by atoms with E-state index in [0.717, 1.165) is 83.8 Å². The van der Waals surface area contributed by atoms with Crippen LogP contribution in [0.25, 0.3) is 33.6 Å². The number of ether oxygens (including phenoxy) is 1. The number of nitriles is 1. The smallest absolute Gasteiger partial charge is 0.407 e. The zero-order valence-corrected chi connectivity index (χ0v) is 26.9. The van der Waals surface area contributed by atoms with Crippen molar-refractivity contribution in [3.8, 4) is 6.07 Å². The van der Waals surface area contributed by atoms with Crippen molar-refractivity contribution in [2.24, 2.45) is 17.8 Å². The number of nitrogens with zero attached hydrogens (tertiary/aromatic N) is 10. The van der Waals surface area contributed by atoms with Crippen molar-refractivity contribution in [2.45, 2.75) is 76.4 Å². The van der Waals surface area contributed by atoms with Gasteiger partial charge in [-0.15, -0.1) is 20.4 Å². The summed E-state index contributed by atoms with van der Waals surface area (Å²) in [4.78, 5) is 26.7. The Labute approximate surface area is 275 Å². The summed E-state index contributed by atoms with van der Waals surface area (Å²) < 4.78 is 11.3. The Balaban J connectivity index is 0.000000326. The molecule has 7 heterocycles. The van der Waals surface area contributed by atoms with Crippen molar-refractivity contribution in [1.82, 2.24) is 54.0 Å². The molecule has 0 radical (unpaired) electrons. The zero-order valence-electron chi connectivity index (χ0n) is 26.9. The van der Waals surface area contributed by atoms with E-state index in [1.807, 2.05) is 18.5 Å². The summed E-state index contributed by atoms with van der Waals surface area (Å²) in [6, 6.07) is 6.09. The third-order valence-electron chi connectivity index (χ3n) is 10.7. The molecule has 0 aromatic carbocycles. The maximum atomic E-state index is 10.1. The molecule has 2 aliphatic carbocycles. The lowest BCUT2D eigenvalue weighted by molar-refractivity contribution is -0.00877. The van der Waals surface area contributed by atoms with E-state index in [1.54, 1.807) is 12.4 Å². The van der Waals surface area contributed by atoms with Gasteiger partial charge in [0.25, 0.3) is 0 Å². The van der Waals surface area contributed by atoms with Gasteiger partial charge >= 0.3 is 6.09 Å². The Morgan fingerprint density at radius 2 is 1.35 bits per heavy atom. The summed E-state index contributed by atoms with van der Waals surface area (Å²) in [7, 11) is 0. The van der Waals surface area contributed by atoms with Crippen molar-refractivity contribution in [3.05, 3.63) is 48.6 Å². The third kappa shape index (κ3) is 5.11. The predicted octanol–water partition coefficient (Wildman–Crippen LogP) is 4.91. The lowest BCUT2D eigenvalue weighted by atomic mass is 9.93. The Hall–Kier alpha value is -5.10. The summed E-state index contributed by atoms with van der Waals surface area (Å²) >= 11 is 0. The number of hydrogen-bond acceptors (Lipinski definition) is 9. The first-order valence-electron chi connectivity index (χ1n) is 16.8. The summed E-state index contributed by atoms with van der Waals surface area (Å²) in [6.07, 6.45) is 13.2. The second-order valence-electron chi connectivity index (χ2n) is 13.3. The molecule has 48 heavy (non-hydrogen) atoms. The van der Waals surface area contributed by atoms with Crippen LogP contribution in [0.15, 0.2) is 36.9 Å². The van der Waals surface area contributed by atoms with Crippen LogP contribution in [0.2, 0.25) is 0 Å². The molecule has 2 saturated carbocycles. The molecule has 3 fully saturated rings. The van der Waals surface area contributed by atoms with Crippen LogP contribution < -0.4 is 0 Å². The number of nitrogens with one attached hydrogen (secondary N) is 2. The van der Waals surface area contributed by atoms with Crippen LogP contribution in [0.1, 0.15) is 75.9 Å². The number of aromatic nitrogens is 10. The largest absolute Gasteiger partial charge is 0.465 e. The predicted molar refractivity (Wildman–Crippen MR) is 174 cm³/mol. The third-order valence-corrected chi connectivity index (χ3v) is 10.7. The van der Waals surface area contributed by atoms with Crippen LogP contribution in [0, 0.1) is 29.1 Å². The van der Waals surface area contributed by atoms with Crippen LogP contribution in [0.3, 0.4) is 0 Å². The van der Waals surface area contributed by atoms with Crippen molar-refractivity contribution < 1.29 is 14.6 Å². The first-order valence-corrected chi connectivity index (χ1v) is 16.8. The second-order valence-corrected chi connectivity index (χ2v) is 13.3. The van der Waals surface area contributed by atoms with Crippen molar-refractivity contribution in [2.75, 3.05) is 13.1 Å². The van der Waals surface area contributed by atoms with E-state index in [4.69, 9.17) is 15.1 Å². The second kappa shape index (κ2) is 12.2. The van der Waals surface area contributed by atoms with Gasteiger partial charge in [-0.05, 0) is 49.7 Å². The highest BCUT2D eigenvalue weighted by molar-refractivity contribution is 5.75. The molecule has 0 spiro atoms. The number of hydrogen-bond donors (Lipinski definition) is 3. The molecule has 15 nitrogen and oxygen atoms in total. The van der Waals surface area contributed by atoms with E-state index in [-0.39, 0.29) is 18.1 Å². The topological polar surface area (TPSA) is 191 Å². The molecule has 6 aromatic heterocycles. The first kappa shape index (κ1) is 30.2. The summed E-state index contributed by atoms with van der Waals surface area (Å²) in [6.45, 7) is 5.32. The number of carbonyl (C=O) groups is 1. The number of carboxylic acid groups (broad SMARTS) is 1. The van der Waals surface area contributed by atoms with Gasteiger partial charge in [-0.1, -0.05) is 26.7 Å². The van der Waals surface area contributed by atoms with Gasteiger partial charge in [0.15, 0.2) is 22.6 Å². The normalized spacial score (nSPS) is 25.9. The van der Waals surface area contributed by atoms with E-state index >= 15 is 0 Å². The number of aromatic amines is 2. The van der Waals surface area contributed by atoms with Gasteiger partial charge in [-0.2, -0.15) is 5.26 Å². The fourth-order valence-electron chi connectivity index (χ4n) is 8.17. The Bertz CT molecular complexity index is 2000. The average Bonchev–Trinajstić information content (AvgIpc) is 3.91. The van der Waals surface area contributed by atoms with Gasteiger partial charge < -0.3 is 24.7 Å². The summed E-state index contributed by atoms with van der Waals surface area (Å²) in [5.41, 5.74) is 5.38. The molecule has 6 atom stereocenters. The lowest BCUT2D eigenvalue weighted by Gasteiger charge is -2.32. The molecular weight excluding hydrogens is 612 g/mol. The van der Waals surface area contributed by atoms with Crippen LogP contribution >= 0.6 is 0 Å². The maximum Gasteiger partial charge on any atom is 0.407 e. The fraction of sp³-hybridized carbons (Fsp3) is 0.515. The van der Waals surface area contributed by atoms with E-state index in [1.165, 1.54) is 4.90 Å². The molecule has 248 valence electrons. The molecule has 6 aromatic rings. The molecule has 1 saturated heterocycles. The highest BCUT2D eigenvalue weighted by atomic mass is 16.5. The fourth-order valence-corrected chi connectivity index (χ4v) is 8.17. The molecule has 3 N–H and O–H groups in total. The number of amides is 1. The molecule has 1 aliphatic heterocycles. The number of likely N-dealkylation sites (tertiary alicyclic amines) is 1. The van der Waals surface area contributed by atoms with Gasteiger partial charge in [0.1, 0.15) is 11.6 Å². The monoisotopic (exact) mass is 650 g/mol. The standard InChI is InChI=1S/C28H32N10O.C5H6N2O2/c1-3-15-9-17(11-19(15)27-35-33-23-13-31-25-21(37(23)27)5-7-29-25)39-18-10-16(4-2)20(12-18)28-36-34-24-14-32-26-22(38(24)28)6-8-30-26;6-1-4-2-7(3-4)5(8)9/h5-8,13-20,29-30H,3-4,9-12H2,1-2H3;4H,2-3H2,(H,8,9)/t15-,16-,17+,18+,19+,20+;/m1./s1. The molecule has 0 bridgehead atoms. The molecule has 3 aliphatic rings. The highest BCUT2D eigenvalue weighted by Crippen LogP contribution is 2.47. The molecule has 15 heteroatoms. The first-order chi connectivity index (χ1) is 23.4. The minimum Gasteiger partial charge on any atom is -0.465 e. The summed E-state index contributed by atoms with van der Waals surface area (Å²) in [5.74, 6) is 3.64. The highest BCUT2D eigenvalue weighted by Gasteiger charge is 2.43. The quantitative estimate of drug-likeness (QED) is 0.223. The SMILES string of the molecule is CC[C@@H]1C[C@H](O[C@H]2C[C@@H](CC)[C@@H](c3nnc4cnc5[nH]ccc5n34)C2)C[C@@H]1c1nnc2cnc3[nH]ccc3n12.N#CC1CN(C(=O)O)C1. The number of fused-ring (bicyclic) bond motifs is 6. The lowest BCUT2D eigenvalue weighted by Crippen LogP contribution is -2.48. The van der Waals surface area contributed by atoms with E-state index < -0.39 is 6.09 Å². The van der Waals surface area contributed by atoms with Crippen molar-refractivity contribution >= 4 is 39.7 Å². The molecule has 1 amide bonds. The van der Waals surface area contributed by atoms with Gasteiger partial charge in [0.2, 0.25) is 0 Å². The van der Waals surface area contributed by atoms with Crippen molar-refractivity contribution in [3.63, 3.8) is 0 Å². The van der Waals surface area contributed by atoms with Gasteiger partial charge in [0.05, 0.1) is 47.6 Å². The zero-order chi connectivity index (χ0) is 32.9.